The van der Waals surface area contributed by atoms with E-state index in [1.807, 2.05) is 23.9 Å². The zero-order valence-electron chi connectivity index (χ0n) is 9.06. The Bertz CT molecular complexity index is 293. The van der Waals surface area contributed by atoms with Crippen molar-refractivity contribution in [3.8, 4) is 0 Å². The molecule has 0 spiro atoms. The highest BCUT2D eigenvalue weighted by Gasteiger charge is 2.25. The molecule has 88 valence electrons. The molecule has 1 N–H and O–H groups in total. The van der Waals surface area contributed by atoms with Gasteiger partial charge in [-0.05, 0) is 4.74 Å². The second kappa shape index (κ2) is 4.91. The largest absolute Gasteiger partial charge is 0.241 e. The Balaban J connectivity index is 0.000000336. The van der Waals surface area contributed by atoms with Gasteiger partial charge >= 0.3 is 0 Å². The molecule has 1 rings (SSSR count). The van der Waals surface area contributed by atoms with Crippen molar-refractivity contribution in [2.24, 2.45) is 0 Å². The number of hydrogen-bond donors (Lipinski definition) is 1. The molecule has 0 aliphatic rings. The van der Waals surface area contributed by atoms with Crippen LogP contribution in [0.4, 0.5) is 0 Å². The third kappa shape index (κ3) is 8.34. The molecule has 0 fully saturated rings. The van der Waals surface area contributed by atoms with Gasteiger partial charge in [0, 0.05) is 27.7 Å². The molecule has 1 aromatic rings. The zero-order chi connectivity index (χ0) is 12.3. The van der Waals surface area contributed by atoms with E-state index in [1.165, 1.54) is 0 Å². The van der Waals surface area contributed by atoms with E-state index < -0.39 is 10.2 Å². The second-order valence-corrected chi connectivity index (χ2v) is 4.70. The fourth-order valence-corrected chi connectivity index (χ4v) is 0.749. The summed E-state index contributed by atoms with van der Waals surface area (Å²) in [4.78, 5) is 0. The molecule has 15 heavy (non-hydrogen) atoms. The number of nitrogens with zero attached hydrogens (tertiary/aromatic N) is 1. The minimum absolute atomic E-state index is 0.0637. The summed E-state index contributed by atoms with van der Waals surface area (Å²) in [5.74, 6) is 0.954. The van der Waals surface area contributed by atoms with Gasteiger partial charge in [-0.25, -0.2) is 4.52 Å². The third-order valence-electron chi connectivity index (χ3n) is 1.35. The Morgan fingerprint density at radius 3 is 1.87 bits per heavy atom. The van der Waals surface area contributed by atoms with Crippen molar-refractivity contribution in [2.45, 2.75) is 33.2 Å². The van der Waals surface area contributed by atoms with E-state index in [9.17, 15) is 0 Å². The SMILES string of the molecule is Cc1cc[n+](C(C)(C)C)o1.[O-][Cl+3]([O-])([O-])O. The summed E-state index contributed by atoms with van der Waals surface area (Å²) in [6.07, 6.45) is 1.95. The van der Waals surface area contributed by atoms with Crippen molar-refractivity contribution in [3.05, 3.63) is 18.0 Å². The van der Waals surface area contributed by atoms with Crippen LogP contribution in [0.2, 0.25) is 0 Å². The molecule has 7 heteroatoms. The standard InChI is InChI=1S/C8H14NO.ClHO4/c1-7-5-6-9(10-7)8(2,3)4;2-1(3,4)5/h5-6H,1-4H3;(H,2,3,4,5)/q+1;. The third-order valence-corrected chi connectivity index (χ3v) is 1.35. The Morgan fingerprint density at radius 2 is 1.73 bits per heavy atom. The van der Waals surface area contributed by atoms with Gasteiger partial charge in [-0.2, -0.15) is 14.0 Å². The lowest BCUT2D eigenvalue weighted by atomic mass is 10.1. The van der Waals surface area contributed by atoms with Crippen molar-refractivity contribution in [2.75, 3.05) is 0 Å². The molecule has 0 bridgehead atoms. The lowest BCUT2D eigenvalue weighted by Gasteiger charge is -2.05. The maximum atomic E-state index is 8.60. The molecular weight excluding hydrogens is 226 g/mol. The van der Waals surface area contributed by atoms with E-state index in [2.05, 4.69) is 20.8 Å². The van der Waals surface area contributed by atoms with E-state index >= 15 is 0 Å². The summed E-state index contributed by atoms with van der Waals surface area (Å²) >= 11 is 0. The summed E-state index contributed by atoms with van der Waals surface area (Å²) in [5, 5.41) is 0. The van der Waals surface area contributed by atoms with E-state index in [1.54, 1.807) is 0 Å². The molecular formula is C8H15ClNO5+. The molecule has 1 aromatic heterocycles. The van der Waals surface area contributed by atoms with Crippen LogP contribution in [0.3, 0.4) is 0 Å². The number of halogens is 1. The Kier molecular flexibility index (Phi) is 4.69. The highest BCUT2D eigenvalue weighted by Crippen LogP contribution is 2.04. The van der Waals surface area contributed by atoms with Crippen LogP contribution < -0.4 is 18.7 Å². The van der Waals surface area contributed by atoms with Gasteiger partial charge in [0.2, 0.25) is 11.7 Å². The molecule has 1 heterocycles. The van der Waals surface area contributed by atoms with Crippen molar-refractivity contribution in [1.82, 2.24) is 0 Å². The normalized spacial score (nSPS) is 12.0. The topological polar surface area (TPSA) is 106 Å². The van der Waals surface area contributed by atoms with Crippen molar-refractivity contribution >= 4 is 0 Å². The van der Waals surface area contributed by atoms with Crippen LogP contribution in [0.1, 0.15) is 26.5 Å². The maximum Gasteiger partial charge on any atom is 0.220 e. The fourth-order valence-electron chi connectivity index (χ4n) is 0.749. The summed E-state index contributed by atoms with van der Waals surface area (Å²) in [6, 6.07) is 1.96. The lowest BCUT2D eigenvalue weighted by molar-refractivity contribution is -1.92. The summed E-state index contributed by atoms with van der Waals surface area (Å²) in [7, 11) is -4.69. The lowest BCUT2D eigenvalue weighted by Crippen LogP contribution is -2.58. The maximum absolute atomic E-state index is 8.60. The first-order chi connectivity index (χ1) is 6.50. The van der Waals surface area contributed by atoms with E-state index in [0.717, 1.165) is 5.76 Å². The van der Waals surface area contributed by atoms with Gasteiger partial charge < -0.3 is 0 Å². The first kappa shape index (κ1) is 14.3. The first-order valence-corrected chi connectivity index (χ1v) is 5.39. The minimum Gasteiger partial charge on any atom is -0.241 e. The number of aryl methyl sites for hydroxylation is 1. The molecule has 0 aromatic carbocycles. The van der Waals surface area contributed by atoms with Crippen LogP contribution in [0.25, 0.3) is 0 Å². The predicted octanol–water partition coefficient (Wildman–Crippen LogP) is -2.49. The monoisotopic (exact) mass is 240 g/mol. The van der Waals surface area contributed by atoms with Gasteiger partial charge in [0.15, 0.2) is 5.76 Å². The Labute approximate surface area is 90.1 Å². The summed E-state index contributed by atoms with van der Waals surface area (Å²) in [6.45, 7) is 8.27. The molecule has 6 nitrogen and oxygen atoms in total. The van der Waals surface area contributed by atoms with Crippen molar-refractivity contribution < 1.29 is 38.1 Å². The molecule has 0 saturated heterocycles. The average molecular weight is 241 g/mol. The number of hydrogen-bond acceptors (Lipinski definition) is 5. The van der Waals surface area contributed by atoms with Gasteiger partial charge in [-0.1, -0.05) is 0 Å². The van der Waals surface area contributed by atoms with E-state index in [-0.39, 0.29) is 5.54 Å². The smallest absolute Gasteiger partial charge is 0.220 e. The molecule has 0 saturated carbocycles. The molecule has 0 atom stereocenters. The van der Waals surface area contributed by atoms with Gasteiger partial charge in [0.1, 0.15) is 0 Å². The highest BCUT2D eigenvalue weighted by atomic mass is 35.7. The van der Waals surface area contributed by atoms with Gasteiger partial charge in [0.25, 0.3) is 0 Å². The van der Waals surface area contributed by atoms with Crippen LogP contribution >= 0.6 is 0 Å². The highest BCUT2D eigenvalue weighted by molar-refractivity contribution is 4.84. The second-order valence-electron chi connectivity index (χ2n) is 3.91. The molecule has 0 radical (unpaired) electrons. The molecule has 0 amide bonds. The Morgan fingerprint density at radius 1 is 1.33 bits per heavy atom. The molecule has 0 aliphatic heterocycles. The van der Waals surface area contributed by atoms with Crippen LogP contribution in [0.15, 0.2) is 16.8 Å². The molecule has 0 aliphatic carbocycles. The van der Waals surface area contributed by atoms with Gasteiger partial charge in [-0.15, -0.1) is 0 Å². The van der Waals surface area contributed by atoms with Crippen molar-refractivity contribution in [1.29, 1.82) is 0 Å². The number of aromatic nitrogens is 1. The zero-order valence-corrected chi connectivity index (χ0v) is 9.82. The van der Waals surface area contributed by atoms with Crippen LogP contribution in [0, 0.1) is 17.2 Å². The van der Waals surface area contributed by atoms with Gasteiger partial charge in [-0.3, -0.25) is 0 Å². The summed E-state index contributed by atoms with van der Waals surface area (Å²) < 4.78 is 39.9. The quantitative estimate of drug-likeness (QED) is 0.505. The minimum atomic E-state index is -4.69. The molecule has 0 unspecified atom stereocenters. The summed E-state index contributed by atoms with van der Waals surface area (Å²) in [5.41, 5.74) is 0.0637. The average Bonchev–Trinajstić information content (AvgIpc) is 2.29. The first-order valence-electron chi connectivity index (χ1n) is 4.12. The Hall–Kier alpha value is -0.660. The van der Waals surface area contributed by atoms with E-state index in [0.29, 0.717) is 0 Å². The number of rotatable bonds is 0. The fraction of sp³-hybridized carbons (Fsp3) is 0.625. The van der Waals surface area contributed by atoms with Crippen LogP contribution in [0.5, 0.6) is 0 Å². The predicted molar refractivity (Wildman–Crippen MR) is 40.9 cm³/mol. The van der Waals surface area contributed by atoms with E-state index in [4.69, 9.17) is 23.2 Å². The van der Waals surface area contributed by atoms with Crippen LogP contribution in [-0.4, -0.2) is 4.66 Å². The van der Waals surface area contributed by atoms with Crippen LogP contribution in [-0.2, 0) is 5.54 Å². The van der Waals surface area contributed by atoms with Gasteiger partial charge in [0.05, 0.1) is 21.0 Å². The van der Waals surface area contributed by atoms with Crippen molar-refractivity contribution in [3.63, 3.8) is 0 Å².